The first kappa shape index (κ1) is 16.9. The van der Waals surface area contributed by atoms with E-state index in [1.54, 1.807) is 11.0 Å². The fourth-order valence-electron chi connectivity index (χ4n) is 2.16. The molecule has 1 amide bonds. The van der Waals surface area contributed by atoms with E-state index >= 15 is 0 Å². The molecule has 0 bridgehead atoms. The van der Waals surface area contributed by atoms with Crippen LogP contribution in [0.15, 0.2) is 28.2 Å². The van der Waals surface area contributed by atoms with Crippen LogP contribution in [0.5, 0.6) is 0 Å². The highest BCUT2D eigenvalue weighted by atomic mass is 35.5. The van der Waals surface area contributed by atoms with Crippen LogP contribution in [0.2, 0.25) is 5.22 Å². The Morgan fingerprint density at radius 3 is 2.73 bits per heavy atom. The van der Waals surface area contributed by atoms with Gasteiger partial charge in [0.1, 0.15) is 11.4 Å². The van der Waals surface area contributed by atoms with Crippen LogP contribution in [0.4, 0.5) is 4.79 Å². The van der Waals surface area contributed by atoms with Crippen LogP contribution in [-0.4, -0.2) is 36.2 Å². The topological polar surface area (TPSA) is 54.7 Å². The lowest BCUT2D eigenvalue weighted by molar-refractivity contribution is 0.0265. The summed E-state index contributed by atoms with van der Waals surface area (Å²) in [4.78, 5) is 13.7. The van der Waals surface area contributed by atoms with Crippen LogP contribution in [-0.2, 0) is 11.3 Å². The number of nitrogens with one attached hydrogen (secondary N) is 1. The van der Waals surface area contributed by atoms with Gasteiger partial charge in [-0.05, 0) is 50.9 Å². The van der Waals surface area contributed by atoms with Gasteiger partial charge >= 0.3 is 6.09 Å². The predicted molar refractivity (Wildman–Crippen MR) is 85.9 cm³/mol. The standard InChI is InChI=1S/C16H23ClN2O3/c1-16(2,3)22-15(20)19-8-6-12(7-9-19)10-18-11-13-4-5-14(17)21-13/h4-6,18H,7-11H2,1-3H3. The number of carbonyl (C=O) groups is 1. The monoisotopic (exact) mass is 326 g/mol. The zero-order valence-electron chi connectivity index (χ0n) is 13.3. The van der Waals surface area contributed by atoms with E-state index in [0.29, 0.717) is 24.9 Å². The van der Waals surface area contributed by atoms with Gasteiger partial charge < -0.3 is 19.4 Å². The Morgan fingerprint density at radius 2 is 2.18 bits per heavy atom. The third kappa shape index (κ3) is 5.39. The van der Waals surface area contributed by atoms with Crippen LogP contribution >= 0.6 is 11.6 Å². The molecule has 2 heterocycles. The molecule has 0 saturated carbocycles. The number of rotatable bonds is 4. The van der Waals surface area contributed by atoms with E-state index < -0.39 is 5.60 Å². The van der Waals surface area contributed by atoms with Crippen LogP contribution in [0.3, 0.4) is 0 Å². The van der Waals surface area contributed by atoms with Crippen LogP contribution in [0.1, 0.15) is 33.0 Å². The fourth-order valence-corrected chi connectivity index (χ4v) is 2.32. The quantitative estimate of drug-likeness (QED) is 0.859. The third-order valence-electron chi connectivity index (χ3n) is 3.24. The lowest BCUT2D eigenvalue weighted by Gasteiger charge is -2.29. The van der Waals surface area contributed by atoms with Crippen molar-refractivity contribution in [2.45, 2.75) is 39.3 Å². The molecule has 122 valence electrons. The van der Waals surface area contributed by atoms with E-state index in [-0.39, 0.29) is 6.09 Å². The van der Waals surface area contributed by atoms with Gasteiger partial charge in [0.2, 0.25) is 0 Å². The van der Waals surface area contributed by atoms with Gasteiger partial charge in [-0.2, -0.15) is 0 Å². The number of ether oxygens (including phenoxy) is 1. The molecule has 2 rings (SSSR count). The number of amides is 1. The normalized spacial score (nSPS) is 15.6. The lowest BCUT2D eigenvalue weighted by Crippen LogP contribution is -2.39. The first-order chi connectivity index (χ1) is 10.3. The molecule has 1 N–H and O–H groups in total. The average molecular weight is 327 g/mol. The summed E-state index contributed by atoms with van der Waals surface area (Å²) in [6, 6.07) is 3.59. The number of halogens is 1. The second-order valence-corrected chi connectivity index (χ2v) is 6.72. The van der Waals surface area contributed by atoms with E-state index in [1.165, 1.54) is 5.57 Å². The van der Waals surface area contributed by atoms with Crippen molar-refractivity contribution in [3.63, 3.8) is 0 Å². The van der Waals surface area contributed by atoms with E-state index in [2.05, 4.69) is 11.4 Å². The minimum absolute atomic E-state index is 0.249. The molecule has 6 heteroatoms. The molecule has 0 unspecified atom stereocenters. The van der Waals surface area contributed by atoms with Gasteiger partial charge in [0, 0.05) is 19.6 Å². The molecule has 22 heavy (non-hydrogen) atoms. The van der Waals surface area contributed by atoms with Gasteiger partial charge in [-0.15, -0.1) is 0 Å². The molecule has 1 aliphatic rings. The number of carbonyl (C=O) groups excluding carboxylic acids is 1. The molecule has 0 fully saturated rings. The van der Waals surface area contributed by atoms with Gasteiger partial charge in [-0.3, -0.25) is 0 Å². The smallest absolute Gasteiger partial charge is 0.410 e. The Balaban J connectivity index is 1.73. The lowest BCUT2D eigenvalue weighted by atomic mass is 10.1. The van der Waals surface area contributed by atoms with Crippen molar-refractivity contribution in [2.75, 3.05) is 19.6 Å². The second-order valence-electron chi connectivity index (χ2n) is 6.35. The van der Waals surface area contributed by atoms with Gasteiger partial charge in [0.15, 0.2) is 5.22 Å². The molecule has 1 aromatic rings. The molecule has 0 aliphatic carbocycles. The zero-order chi connectivity index (χ0) is 16.2. The Morgan fingerprint density at radius 1 is 1.41 bits per heavy atom. The Kier molecular flexibility index (Phi) is 5.53. The van der Waals surface area contributed by atoms with Gasteiger partial charge in [0.25, 0.3) is 0 Å². The Labute approximate surface area is 136 Å². The maximum atomic E-state index is 12.0. The zero-order valence-corrected chi connectivity index (χ0v) is 14.1. The molecule has 0 spiro atoms. The SMILES string of the molecule is CC(C)(C)OC(=O)N1CC=C(CNCc2ccc(Cl)o2)CC1. The average Bonchev–Trinajstić information content (AvgIpc) is 2.83. The maximum absolute atomic E-state index is 12.0. The Bertz CT molecular complexity index is 546. The van der Waals surface area contributed by atoms with Gasteiger partial charge in [0.05, 0.1) is 6.54 Å². The van der Waals surface area contributed by atoms with Crippen molar-refractivity contribution in [1.29, 1.82) is 0 Å². The van der Waals surface area contributed by atoms with E-state index in [4.69, 9.17) is 20.8 Å². The van der Waals surface area contributed by atoms with Gasteiger partial charge in [-0.1, -0.05) is 11.6 Å². The Hall–Kier alpha value is -1.46. The van der Waals surface area contributed by atoms with Crippen molar-refractivity contribution < 1.29 is 13.9 Å². The van der Waals surface area contributed by atoms with Crippen molar-refractivity contribution in [3.05, 3.63) is 34.8 Å². The highest BCUT2D eigenvalue weighted by Gasteiger charge is 2.23. The first-order valence-electron chi connectivity index (χ1n) is 7.44. The van der Waals surface area contributed by atoms with Crippen molar-refractivity contribution in [1.82, 2.24) is 10.2 Å². The molecule has 0 atom stereocenters. The van der Waals surface area contributed by atoms with Crippen LogP contribution in [0, 0.1) is 0 Å². The van der Waals surface area contributed by atoms with E-state index in [9.17, 15) is 4.79 Å². The van der Waals surface area contributed by atoms with Crippen molar-refractivity contribution in [3.8, 4) is 0 Å². The number of furan rings is 1. The number of hydrogen-bond donors (Lipinski definition) is 1. The largest absolute Gasteiger partial charge is 0.448 e. The minimum Gasteiger partial charge on any atom is -0.448 e. The van der Waals surface area contributed by atoms with Crippen LogP contribution in [0.25, 0.3) is 0 Å². The van der Waals surface area contributed by atoms with E-state index in [1.807, 2.05) is 26.8 Å². The summed E-state index contributed by atoms with van der Waals surface area (Å²) in [7, 11) is 0. The molecular formula is C16H23ClN2O3. The molecule has 1 aliphatic heterocycles. The van der Waals surface area contributed by atoms with Crippen molar-refractivity contribution >= 4 is 17.7 Å². The molecule has 0 saturated heterocycles. The molecule has 0 radical (unpaired) electrons. The second kappa shape index (κ2) is 7.20. The molecular weight excluding hydrogens is 304 g/mol. The first-order valence-corrected chi connectivity index (χ1v) is 7.82. The van der Waals surface area contributed by atoms with Crippen molar-refractivity contribution in [2.24, 2.45) is 0 Å². The summed E-state index contributed by atoms with van der Waals surface area (Å²) in [6.07, 6.45) is 2.68. The summed E-state index contributed by atoms with van der Waals surface area (Å²) in [5, 5.41) is 3.72. The van der Waals surface area contributed by atoms with Gasteiger partial charge in [-0.25, -0.2) is 4.79 Å². The summed E-state index contributed by atoms with van der Waals surface area (Å²) in [5.41, 5.74) is 0.838. The molecule has 0 aromatic carbocycles. The summed E-state index contributed by atoms with van der Waals surface area (Å²) < 4.78 is 10.7. The van der Waals surface area contributed by atoms with E-state index in [0.717, 1.165) is 18.7 Å². The molecule has 1 aromatic heterocycles. The summed E-state index contributed by atoms with van der Waals surface area (Å²) >= 11 is 5.72. The number of hydrogen-bond acceptors (Lipinski definition) is 4. The predicted octanol–water partition coefficient (Wildman–Crippen LogP) is 3.59. The van der Waals surface area contributed by atoms with Crippen LogP contribution < -0.4 is 5.32 Å². The third-order valence-corrected chi connectivity index (χ3v) is 3.44. The maximum Gasteiger partial charge on any atom is 0.410 e. The fraction of sp³-hybridized carbons (Fsp3) is 0.562. The summed E-state index contributed by atoms with van der Waals surface area (Å²) in [5.74, 6) is 0.816. The minimum atomic E-state index is -0.451. The molecule has 5 nitrogen and oxygen atoms in total. The summed E-state index contributed by atoms with van der Waals surface area (Å²) in [6.45, 7) is 8.33. The number of nitrogens with zero attached hydrogens (tertiary/aromatic N) is 1. The highest BCUT2D eigenvalue weighted by Crippen LogP contribution is 2.16. The highest BCUT2D eigenvalue weighted by molar-refractivity contribution is 6.28.